The highest BCUT2D eigenvalue weighted by Crippen LogP contribution is 2.05. The zero-order valence-corrected chi connectivity index (χ0v) is 11.5. The van der Waals surface area contributed by atoms with E-state index in [-0.39, 0.29) is 24.8 Å². The Kier molecular flexibility index (Phi) is 8.15. The first-order valence-electron chi connectivity index (χ1n) is 6.10. The summed E-state index contributed by atoms with van der Waals surface area (Å²) in [6.45, 7) is 4.92. The number of hydrogen-bond acceptors (Lipinski definition) is 4. The molecule has 0 heterocycles. The van der Waals surface area contributed by atoms with Gasteiger partial charge in [-0.1, -0.05) is 13.8 Å². The van der Waals surface area contributed by atoms with Crippen LogP contribution in [0.3, 0.4) is 0 Å². The molecule has 19 heavy (non-hydrogen) atoms. The Balaban J connectivity index is 4.09. The highest BCUT2D eigenvalue weighted by Gasteiger charge is 2.18. The lowest BCUT2D eigenvalue weighted by Gasteiger charge is -2.18. The van der Waals surface area contributed by atoms with Gasteiger partial charge in [-0.25, -0.2) is 0 Å². The molecule has 0 radical (unpaired) electrons. The smallest absolute Gasteiger partial charge is 0.239 e. The van der Waals surface area contributed by atoms with Crippen LogP contribution in [0.2, 0.25) is 0 Å². The minimum Gasteiger partial charge on any atom is -0.350 e. The third-order valence-corrected chi connectivity index (χ3v) is 2.33. The van der Waals surface area contributed by atoms with Crippen LogP contribution in [0.4, 0.5) is 0 Å². The van der Waals surface area contributed by atoms with Crippen molar-refractivity contribution in [2.75, 3.05) is 13.1 Å². The maximum absolute atomic E-state index is 11.5. The van der Waals surface area contributed by atoms with Crippen LogP contribution in [-0.2, 0) is 19.2 Å². The predicted octanol–water partition coefficient (Wildman–Crippen LogP) is -1.03. The lowest BCUT2D eigenvalue weighted by atomic mass is 10.0. The first-order valence-corrected chi connectivity index (χ1v) is 6.10. The van der Waals surface area contributed by atoms with Gasteiger partial charge in [-0.2, -0.15) is 0 Å². The van der Waals surface area contributed by atoms with E-state index in [0.29, 0.717) is 12.8 Å². The van der Waals surface area contributed by atoms with Crippen LogP contribution in [0.5, 0.6) is 0 Å². The molecule has 0 aromatic carbocycles. The molecule has 0 bridgehead atoms. The zero-order chi connectivity index (χ0) is 14.8. The van der Waals surface area contributed by atoms with Crippen molar-refractivity contribution < 1.29 is 19.2 Å². The van der Waals surface area contributed by atoms with Crippen LogP contribution in [0, 0.1) is 5.92 Å². The van der Waals surface area contributed by atoms with Gasteiger partial charge >= 0.3 is 0 Å². The lowest BCUT2D eigenvalue weighted by Crippen LogP contribution is -2.46. The molecule has 1 unspecified atom stereocenters. The summed E-state index contributed by atoms with van der Waals surface area (Å²) in [5.74, 6) is -0.734. The van der Waals surface area contributed by atoms with Crippen LogP contribution in [-0.4, -0.2) is 43.1 Å². The quantitative estimate of drug-likeness (QED) is 0.466. The van der Waals surface area contributed by atoms with Gasteiger partial charge in [0.05, 0.1) is 19.1 Å². The second-order valence-corrected chi connectivity index (χ2v) is 4.64. The van der Waals surface area contributed by atoms with Crippen molar-refractivity contribution in [3.63, 3.8) is 0 Å². The molecule has 0 rings (SSSR count). The molecule has 0 aliphatic heterocycles. The number of amides is 3. The minimum absolute atomic E-state index is 0.115. The summed E-state index contributed by atoms with van der Waals surface area (Å²) in [5.41, 5.74) is 0. The molecule has 3 N–H and O–H groups in total. The van der Waals surface area contributed by atoms with E-state index >= 15 is 0 Å². The third kappa shape index (κ3) is 8.76. The topological polar surface area (TPSA) is 104 Å². The van der Waals surface area contributed by atoms with Gasteiger partial charge in [-0.3, -0.25) is 19.2 Å². The molecular weight excluding hydrogens is 250 g/mol. The lowest BCUT2D eigenvalue weighted by molar-refractivity contribution is -0.128. The summed E-state index contributed by atoms with van der Waals surface area (Å²) in [5, 5.41) is 7.08. The molecule has 0 aliphatic carbocycles. The third-order valence-electron chi connectivity index (χ3n) is 2.33. The van der Waals surface area contributed by atoms with Crippen molar-refractivity contribution >= 4 is 24.0 Å². The Bertz CT molecular complexity index is 342. The van der Waals surface area contributed by atoms with E-state index in [1.54, 1.807) is 0 Å². The van der Waals surface area contributed by atoms with Crippen molar-refractivity contribution in [3.8, 4) is 0 Å². The van der Waals surface area contributed by atoms with E-state index in [1.807, 2.05) is 13.8 Å². The van der Waals surface area contributed by atoms with Gasteiger partial charge in [0.1, 0.15) is 0 Å². The van der Waals surface area contributed by atoms with Crippen LogP contribution < -0.4 is 16.0 Å². The van der Waals surface area contributed by atoms with Crippen LogP contribution in [0.15, 0.2) is 0 Å². The molecule has 108 valence electrons. The Hall–Kier alpha value is -1.92. The number of nitrogens with one attached hydrogen (secondary N) is 3. The predicted molar refractivity (Wildman–Crippen MR) is 69.1 cm³/mol. The summed E-state index contributed by atoms with van der Waals surface area (Å²) in [6, 6.07) is -0.530. The number of hydrogen-bond donors (Lipinski definition) is 3. The molecule has 1 atom stereocenters. The number of rotatable bonds is 9. The summed E-state index contributed by atoms with van der Waals surface area (Å²) in [7, 11) is 0. The molecular formula is C12H21N3O4. The SMILES string of the molecule is CC(=O)C(CC(C)C)NC(=O)CNC(=O)CNC=O. The normalized spacial score (nSPS) is 11.6. The van der Waals surface area contributed by atoms with Crippen molar-refractivity contribution in [1.82, 2.24) is 16.0 Å². The maximum atomic E-state index is 11.5. The molecule has 0 fully saturated rings. The molecule has 0 saturated carbocycles. The van der Waals surface area contributed by atoms with E-state index in [1.165, 1.54) is 6.92 Å². The van der Waals surface area contributed by atoms with Gasteiger partial charge in [0.25, 0.3) is 0 Å². The minimum atomic E-state index is -0.530. The largest absolute Gasteiger partial charge is 0.350 e. The fraction of sp³-hybridized carbons (Fsp3) is 0.667. The molecule has 3 amide bonds. The van der Waals surface area contributed by atoms with E-state index in [4.69, 9.17) is 0 Å². The van der Waals surface area contributed by atoms with Gasteiger partial charge in [-0.15, -0.1) is 0 Å². The Morgan fingerprint density at radius 2 is 1.74 bits per heavy atom. The van der Waals surface area contributed by atoms with Gasteiger partial charge in [0.15, 0.2) is 5.78 Å². The Labute approximate surface area is 112 Å². The molecule has 0 aromatic heterocycles. The van der Waals surface area contributed by atoms with Crippen LogP contribution >= 0.6 is 0 Å². The average molecular weight is 271 g/mol. The van der Waals surface area contributed by atoms with Gasteiger partial charge in [0, 0.05) is 0 Å². The van der Waals surface area contributed by atoms with Gasteiger partial charge < -0.3 is 16.0 Å². The first kappa shape index (κ1) is 17.1. The van der Waals surface area contributed by atoms with Gasteiger partial charge in [0.2, 0.25) is 18.2 Å². The fourth-order valence-electron chi connectivity index (χ4n) is 1.42. The summed E-state index contributed by atoms with van der Waals surface area (Å²) in [4.78, 5) is 44.0. The average Bonchev–Trinajstić information content (AvgIpc) is 2.32. The molecule has 7 heteroatoms. The van der Waals surface area contributed by atoms with Crippen molar-refractivity contribution in [3.05, 3.63) is 0 Å². The van der Waals surface area contributed by atoms with Crippen LogP contribution in [0.1, 0.15) is 27.2 Å². The molecule has 0 spiro atoms. The fourth-order valence-corrected chi connectivity index (χ4v) is 1.42. The monoisotopic (exact) mass is 271 g/mol. The molecule has 0 aromatic rings. The molecule has 0 aliphatic rings. The number of carbonyl (C=O) groups is 4. The van der Waals surface area contributed by atoms with Gasteiger partial charge in [-0.05, 0) is 19.3 Å². The Morgan fingerprint density at radius 3 is 2.21 bits per heavy atom. The van der Waals surface area contributed by atoms with E-state index in [9.17, 15) is 19.2 Å². The highest BCUT2D eigenvalue weighted by molar-refractivity contribution is 5.90. The van der Waals surface area contributed by atoms with Crippen molar-refractivity contribution in [2.45, 2.75) is 33.2 Å². The standard InChI is InChI=1S/C12H21N3O4/c1-8(2)4-10(9(3)17)15-12(19)6-14-11(18)5-13-7-16/h7-8,10H,4-6H2,1-3H3,(H,13,16)(H,14,18)(H,15,19). The number of ketones is 1. The van der Waals surface area contributed by atoms with E-state index in [2.05, 4.69) is 16.0 Å². The summed E-state index contributed by atoms with van der Waals surface area (Å²) < 4.78 is 0. The van der Waals surface area contributed by atoms with E-state index in [0.717, 1.165) is 0 Å². The van der Waals surface area contributed by atoms with Crippen molar-refractivity contribution in [2.24, 2.45) is 5.92 Å². The number of Topliss-reactive ketones (excluding diaryl/α,β-unsaturated/α-hetero) is 1. The number of carbonyl (C=O) groups excluding carboxylic acids is 4. The maximum Gasteiger partial charge on any atom is 0.239 e. The first-order chi connectivity index (χ1) is 8.86. The van der Waals surface area contributed by atoms with Crippen LogP contribution in [0.25, 0.3) is 0 Å². The second kappa shape index (κ2) is 9.07. The molecule has 7 nitrogen and oxygen atoms in total. The van der Waals surface area contributed by atoms with E-state index < -0.39 is 17.9 Å². The zero-order valence-electron chi connectivity index (χ0n) is 11.5. The second-order valence-electron chi connectivity index (χ2n) is 4.64. The van der Waals surface area contributed by atoms with Crippen molar-refractivity contribution in [1.29, 1.82) is 0 Å². The summed E-state index contributed by atoms with van der Waals surface area (Å²) >= 11 is 0. The Morgan fingerprint density at radius 1 is 1.11 bits per heavy atom. The highest BCUT2D eigenvalue weighted by atomic mass is 16.2. The molecule has 0 saturated heterocycles. The summed E-state index contributed by atoms with van der Waals surface area (Å²) in [6.07, 6.45) is 0.954.